The lowest BCUT2D eigenvalue weighted by Gasteiger charge is -2.10. The van der Waals surface area contributed by atoms with E-state index >= 15 is 0 Å². The third-order valence-electron chi connectivity index (χ3n) is 3.63. The van der Waals surface area contributed by atoms with E-state index < -0.39 is 12.3 Å². The first kappa shape index (κ1) is 16.9. The summed E-state index contributed by atoms with van der Waals surface area (Å²) in [4.78, 5) is 16.7. The molecule has 0 fully saturated rings. The summed E-state index contributed by atoms with van der Waals surface area (Å²) in [6.45, 7) is 1.84. The fourth-order valence-corrected chi connectivity index (χ4v) is 4.69. The molecule has 10 heteroatoms. The maximum atomic E-state index is 12.3. The molecular weight excluding hydrogens is 389 g/mol. The van der Waals surface area contributed by atoms with E-state index in [4.69, 9.17) is 0 Å². The van der Waals surface area contributed by atoms with Gasteiger partial charge in [-0.3, -0.25) is 4.57 Å². The number of thiazole rings is 1. The number of aromatic nitrogens is 2. The van der Waals surface area contributed by atoms with Crippen LogP contribution in [0.3, 0.4) is 0 Å². The second-order valence-electron chi connectivity index (χ2n) is 5.39. The number of alkyl halides is 3. The van der Waals surface area contributed by atoms with Crippen LogP contribution in [0.25, 0.3) is 26.3 Å². The molecule has 0 spiro atoms. The van der Waals surface area contributed by atoms with Crippen molar-refractivity contribution in [3.63, 3.8) is 0 Å². The SMILES string of the molecule is Cc1nc2c3sc(C(=O)O)cc3n(-c3ccc(OC(F)(F)F)cc3)c2s1. The molecule has 0 unspecified atom stereocenters. The van der Waals surface area contributed by atoms with Gasteiger partial charge in [0.25, 0.3) is 0 Å². The maximum Gasteiger partial charge on any atom is 0.573 e. The molecule has 134 valence electrons. The van der Waals surface area contributed by atoms with Crippen LogP contribution in [-0.4, -0.2) is 27.0 Å². The molecule has 1 aromatic carbocycles. The first-order valence-corrected chi connectivity index (χ1v) is 8.87. The van der Waals surface area contributed by atoms with Crippen LogP contribution in [0.1, 0.15) is 14.7 Å². The summed E-state index contributed by atoms with van der Waals surface area (Å²) < 4.78 is 43.4. The predicted molar refractivity (Wildman–Crippen MR) is 92.7 cm³/mol. The number of aromatic carboxylic acids is 1. The Bertz CT molecular complexity index is 1140. The predicted octanol–water partition coefficient (Wildman–Crippen LogP) is 5.21. The van der Waals surface area contributed by atoms with Gasteiger partial charge in [0, 0.05) is 5.69 Å². The van der Waals surface area contributed by atoms with Gasteiger partial charge in [-0.05, 0) is 37.3 Å². The lowest BCUT2D eigenvalue weighted by atomic mass is 10.3. The molecule has 1 N–H and O–H groups in total. The number of benzene rings is 1. The maximum absolute atomic E-state index is 12.3. The molecule has 3 aromatic heterocycles. The molecule has 0 aliphatic rings. The van der Waals surface area contributed by atoms with Crippen molar-refractivity contribution in [1.82, 2.24) is 9.55 Å². The fraction of sp³-hybridized carbons (Fsp3) is 0.125. The molecule has 26 heavy (non-hydrogen) atoms. The zero-order valence-electron chi connectivity index (χ0n) is 13.0. The molecule has 4 rings (SSSR count). The van der Waals surface area contributed by atoms with Gasteiger partial charge in [0.2, 0.25) is 0 Å². The van der Waals surface area contributed by atoms with Crippen LogP contribution in [0.5, 0.6) is 5.75 Å². The Labute approximate surface area is 151 Å². The van der Waals surface area contributed by atoms with E-state index in [0.29, 0.717) is 16.7 Å². The second-order valence-corrected chi connectivity index (χ2v) is 7.63. The van der Waals surface area contributed by atoms with E-state index in [2.05, 4.69) is 9.72 Å². The third kappa shape index (κ3) is 2.80. The minimum atomic E-state index is -4.76. The lowest BCUT2D eigenvalue weighted by molar-refractivity contribution is -0.274. The molecule has 0 saturated heterocycles. The number of carbonyl (C=O) groups is 1. The van der Waals surface area contributed by atoms with Crippen molar-refractivity contribution in [3.8, 4) is 11.4 Å². The quantitative estimate of drug-likeness (QED) is 0.515. The largest absolute Gasteiger partial charge is 0.573 e. The first-order valence-electron chi connectivity index (χ1n) is 7.24. The number of hydrogen-bond acceptors (Lipinski definition) is 5. The molecule has 0 bridgehead atoms. The number of ether oxygens (including phenoxy) is 1. The summed E-state index contributed by atoms with van der Waals surface area (Å²) in [5, 5.41) is 10.1. The van der Waals surface area contributed by atoms with E-state index in [1.54, 1.807) is 10.6 Å². The number of halogens is 3. The number of fused-ring (bicyclic) bond motifs is 3. The number of hydrogen-bond donors (Lipinski definition) is 1. The Kier molecular flexibility index (Phi) is 3.70. The number of nitrogens with zero attached hydrogens (tertiary/aromatic N) is 2. The molecule has 4 aromatic rings. The summed E-state index contributed by atoms with van der Waals surface area (Å²) in [6.07, 6.45) is -4.76. The van der Waals surface area contributed by atoms with Gasteiger partial charge in [0.05, 0.1) is 15.2 Å². The van der Waals surface area contributed by atoms with Crippen molar-refractivity contribution in [2.24, 2.45) is 0 Å². The number of thiophene rings is 1. The highest BCUT2D eigenvalue weighted by Gasteiger charge is 2.31. The highest BCUT2D eigenvalue weighted by atomic mass is 32.1. The van der Waals surface area contributed by atoms with Crippen LogP contribution in [0.2, 0.25) is 0 Å². The summed E-state index contributed by atoms with van der Waals surface area (Å²) in [5.41, 5.74) is 1.94. The van der Waals surface area contributed by atoms with E-state index in [-0.39, 0.29) is 10.6 Å². The van der Waals surface area contributed by atoms with Crippen molar-refractivity contribution in [2.75, 3.05) is 0 Å². The summed E-state index contributed by atoms with van der Waals surface area (Å²) in [7, 11) is 0. The van der Waals surface area contributed by atoms with Crippen molar-refractivity contribution in [1.29, 1.82) is 0 Å². The Morgan fingerprint density at radius 1 is 1.23 bits per heavy atom. The normalized spacial score (nSPS) is 12.2. The summed E-state index contributed by atoms with van der Waals surface area (Å²) >= 11 is 2.56. The van der Waals surface area contributed by atoms with Crippen LogP contribution in [0.4, 0.5) is 13.2 Å². The monoisotopic (exact) mass is 398 g/mol. The summed E-state index contributed by atoms with van der Waals surface area (Å²) in [6, 6.07) is 6.98. The third-order valence-corrected chi connectivity index (χ3v) is 5.70. The number of carboxylic acids is 1. The van der Waals surface area contributed by atoms with Gasteiger partial charge >= 0.3 is 12.3 Å². The Balaban J connectivity index is 1.89. The zero-order valence-corrected chi connectivity index (χ0v) is 14.6. The van der Waals surface area contributed by atoms with Gasteiger partial charge in [-0.1, -0.05) is 0 Å². The topological polar surface area (TPSA) is 64.3 Å². The Hall–Kier alpha value is -2.59. The molecule has 0 radical (unpaired) electrons. The molecule has 0 aliphatic heterocycles. The van der Waals surface area contributed by atoms with Gasteiger partial charge < -0.3 is 9.84 Å². The van der Waals surface area contributed by atoms with Crippen molar-refractivity contribution in [3.05, 3.63) is 40.2 Å². The van der Waals surface area contributed by atoms with E-state index in [1.807, 2.05) is 6.92 Å². The molecule has 0 saturated carbocycles. The van der Waals surface area contributed by atoms with E-state index in [0.717, 1.165) is 25.9 Å². The van der Waals surface area contributed by atoms with E-state index in [1.165, 1.54) is 35.6 Å². The second kappa shape index (κ2) is 5.71. The van der Waals surface area contributed by atoms with Crippen molar-refractivity contribution >= 4 is 49.2 Å². The highest BCUT2D eigenvalue weighted by Crippen LogP contribution is 2.40. The molecule has 3 heterocycles. The summed E-state index contributed by atoms with van der Waals surface area (Å²) in [5.74, 6) is -1.36. The highest BCUT2D eigenvalue weighted by molar-refractivity contribution is 7.23. The van der Waals surface area contributed by atoms with Gasteiger partial charge in [0.1, 0.15) is 21.0 Å². The van der Waals surface area contributed by atoms with Crippen molar-refractivity contribution < 1.29 is 27.8 Å². The number of carboxylic acid groups (broad SMARTS) is 1. The molecule has 0 amide bonds. The van der Waals surface area contributed by atoms with Crippen LogP contribution in [0, 0.1) is 6.92 Å². The number of rotatable bonds is 3. The van der Waals surface area contributed by atoms with Crippen LogP contribution >= 0.6 is 22.7 Å². The Morgan fingerprint density at radius 3 is 2.54 bits per heavy atom. The Morgan fingerprint density at radius 2 is 1.92 bits per heavy atom. The fourth-order valence-electron chi connectivity index (χ4n) is 2.70. The van der Waals surface area contributed by atoms with Gasteiger partial charge in [-0.25, -0.2) is 9.78 Å². The smallest absolute Gasteiger partial charge is 0.477 e. The average Bonchev–Trinajstić information content (AvgIpc) is 3.17. The lowest BCUT2D eigenvalue weighted by Crippen LogP contribution is -2.17. The average molecular weight is 398 g/mol. The number of aryl methyl sites for hydroxylation is 1. The standard InChI is InChI=1S/C16H9F3N2O3S2/c1-7-20-12-13-10(6-11(26-13)15(22)23)21(14(12)25-7)8-2-4-9(5-3-8)24-16(17,18)19/h2-6H,1H3,(H,22,23). The minimum Gasteiger partial charge on any atom is -0.477 e. The van der Waals surface area contributed by atoms with Crippen LogP contribution in [0.15, 0.2) is 30.3 Å². The zero-order chi connectivity index (χ0) is 18.6. The minimum absolute atomic E-state index is 0.174. The van der Waals surface area contributed by atoms with Gasteiger partial charge in [0.15, 0.2) is 0 Å². The van der Waals surface area contributed by atoms with E-state index in [9.17, 15) is 23.1 Å². The molecular formula is C16H9F3N2O3S2. The first-order chi connectivity index (χ1) is 12.2. The van der Waals surface area contributed by atoms with Crippen molar-refractivity contribution in [2.45, 2.75) is 13.3 Å². The molecule has 5 nitrogen and oxygen atoms in total. The van der Waals surface area contributed by atoms with Crippen LogP contribution in [-0.2, 0) is 0 Å². The van der Waals surface area contributed by atoms with Gasteiger partial charge in [-0.2, -0.15) is 0 Å². The molecule has 0 aliphatic carbocycles. The van der Waals surface area contributed by atoms with Crippen LogP contribution < -0.4 is 4.74 Å². The van der Waals surface area contributed by atoms with Gasteiger partial charge in [-0.15, -0.1) is 35.8 Å². The molecule has 0 atom stereocenters.